The number of nitrogens with zero attached hydrogens (tertiary/aromatic N) is 2. The minimum absolute atomic E-state index is 0.261. The quantitative estimate of drug-likeness (QED) is 0.652. The van der Waals surface area contributed by atoms with Crippen molar-refractivity contribution in [3.63, 3.8) is 0 Å². The van der Waals surface area contributed by atoms with Gasteiger partial charge in [0.2, 0.25) is 5.91 Å². The van der Waals surface area contributed by atoms with Crippen molar-refractivity contribution in [1.29, 1.82) is 0 Å². The Morgan fingerprint density at radius 2 is 1.97 bits per heavy atom. The van der Waals surface area contributed by atoms with Crippen LogP contribution in [-0.2, 0) is 20.7 Å². The molecular formula is C23H27FN4O4. The van der Waals surface area contributed by atoms with E-state index in [1.54, 1.807) is 12.1 Å². The van der Waals surface area contributed by atoms with E-state index >= 15 is 0 Å². The van der Waals surface area contributed by atoms with Gasteiger partial charge in [0.25, 0.3) is 0 Å². The highest BCUT2D eigenvalue weighted by Gasteiger charge is 2.33. The molecule has 2 heterocycles. The highest BCUT2D eigenvalue weighted by molar-refractivity contribution is 5.90. The second-order valence-corrected chi connectivity index (χ2v) is 7.86. The second-order valence-electron chi connectivity index (χ2n) is 7.86. The topological polar surface area (TPSA) is 97.1 Å². The first-order valence-electron chi connectivity index (χ1n) is 10.7. The zero-order valence-corrected chi connectivity index (χ0v) is 17.8. The Balaban J connectivity index is 1.38. The maximum Gasteiger partial charge on any atom is 0.414 e. The fourth-order valence-corrected chi connectivity index (χ4v) is 3.96. The number of hydrogen-bond acceptors (Lipinski definition) is 6. The Bertz CT molecular complexity index is 980. The lowest BCUT2D eigenvalue weighted by Crippen LogP contribution is -2.36. The number of halogens is 1. The van der Waals surface area contributed by atoms with E-state index in [1.165, 1.54) is 11.0 Å². The molecule has 2 aromatic carbocycles. The zero-order valence-electron chi connectivity index (χ0n) is 17.8. The molecule has 170 valence electrons. The number of amides is 2. The number of nitrogens with two attached hydrogens (primary N) is 1. The van der Waals surface area contributed by atoms with E-state index in [2.05, 4.69) is 5.32 Å². The molecule has 8 nitrogen and oxygen atoms in total. The van der Waals surface area contributed by atoms with Crippen LogP contribution < -0.4 is 20.9 Å². The predicted octanol–water partition coefficient (Wildman–Crippen LogP) is 2.52. The molecule has 9 heteroatoms. The Kier molecular flexibility index (Phi) is 6.75. The van der Waals surface area contributed by atoms with E-state index in [4.69, 9.17) is 15.2 Å². The minimum Gasteiger partial charge on any atom is -0.442 e. The number of morpholine rings is 1. The second kappa shape index (κ2) is 9.86. The Labute approximate surface area is 186 Å². The monoisotopic (exact) mass is 442 g/mol. The van der Waals surface area contributed by atoms with Gasteiger partial charge in [-0.2, -0.15) is 0 Å². The van der Waals surface area contributed by atoms with Gasteiger partial charge in [-0.3, -0.25) is 9.69 Å². The number of para-hydroxylation sites is 1. The third-order valence-corrected chi connectivity index (χ3v) is 5.65. The molecule has 1 atom stereocenters. The summed E-state index contributed by atoms with van der Waals surface area (Å²) < 4.78 is 25.5. The number of rotatable bonds is 8. The van der Waals surface area contributed by atoms with E-state index in [0.717, 1.165) is 11.3 Å². The van der Waals surface area contributed by atoms with Crippen LogP contribution in [0.15, 0.2) is 42.5 Å². The van der Waals surface area contributed by atoms with Gasteiger partial charge in [-0.1, -0.05) is 18.2 Å². The summed E-state index contributed by atoms with van der Waals surface area (Å²) in [5.41, 5.74) is 8.06. The summed E-state index contributed by atoms with van der Waals surface area (Å²) in [5, 5.41) is 3.29. The molecule has 2 aromatic rings. The molecule has 4 rings (SSSR count). The van der Waals surface area contributed by atoms with Crippen molar-refractivity contribution in [3.8, 4) is 0 Å². The number of cyclic esters (lactones) is 1. The lowest BCUT2D eigenvalue weighted by Gasteiger charge is -2.29. The number of nitrogens with one attached hydrogen (secondary N) is 1. The number of benzene rings is 2. The highest BCUT2D eigenvalue weighted by Crippen LogP contribution is 2.28. The van der Waals surface area contributed by atoms with E-state index in [0.29, 0.717) is 57.2 Å². The van der Waals surface area contributed by atoms with Crippen molar-refractivity contribution < 1.29 is 23.5 Å². The molecule has 2 aliphatic rings. The standard InChI is InChI=1S/C23H27FN4O4/c24-19-13-17(6-7-21(19)27-9-11-31-12-10-27)28-15-18(32-23(28)30)14-26-20-4-2-1-3-16(20)5-8-22(25)29/h1-4,6-7,13,18,26H,5,8-12,14-15H2,(H2,25,29). The molecule has 32 heavy (non-hydrogen) atoms. The van der Waals surface area contributed by atoms with Crippen molar-refractivity contribution in [2.45, 2.75) is 18.9 Å². The summed E-state index contributed by atoms with van der Waals surface area (Å²) in [4.78, 5) is 26.9. The molecule has 0 spiro atoms. The normalized spacial score (nSPS) is 18.5. The molecule has 2 fully saturated rings. The molecule has 0 bridgehead atoms. The molecule has 3 N–H and O–H groups in total. The Morgan fingerprint density at radius 3 is 2.72 bits per heavy atom. The maximum absolute atomic E-state index is 14.7. The van der Waals surface area contributed by atoms with Crippen LogP contribution in [0.2, 0.25) is 0 Å². The third-order valence-electron chi connectivity index (χ3n) is 5.65. The van der Waals surface area contributed by atoms with Gasteiger partial charge in [-0.15, -0.1) is 0 Å². The van der Waals surface area contributed by atoms with Crippen molar-refractivity contribution in [2.24, 2.45) is 5.73 Å². The van der Waals surface area contributed by atoms with Crippen LogP contribution in [-0.4, -0.2) is 57.5 Å². The molecule has 0 aromatic heterocycles. The molecule has 0 saturated carbocycles. The summed E-state index contributed by atoms with van der Waals surface area (Å²) in [6.45, 7) is 3.11. The van der Waals surface area contributed by atoms with E-state index in [-0.39, 0.29) is 18.1 Å². The SMILES string of the molecule is NC(=O)CCc1ccccc1NCC1CN(c2ccc(N3CCOCC3)c(F)c2)C(=O)O1. The van der Waals surface area contributed by atoms with Crippen LogP contribution in [0.5, 0.6) is 0 Å². The van der Waals surface area contributed by atoms with Crippen LogP contribution in [0.3, 0.4) is 0 Å². The summed E-state index contributed by atoms with van der Waals surface area (Å²) in [6.07, 6.45) is -0.105. The number of ether oxygens (including phenoxy) is 2. The van der Waals surface area contributed by atoms with Crippen LogP contribution in [0.25, 0.3) is 0 Å². The lowest BCUT2D eigenvalue weighted by molar-refractivity contribution is -0.117. The largest absolute Gasteiger partial charge is 0.442 e. The average molecular weight is 442 g/mol. The van der Waals surface area contributed by atoms with Gasteiger partial charge in [0.1, 0.15) is 11.9 Å². The molecule has 2 amide bonds. The van der Waals surface area contributed by atoms with Gasteiger partial charge in [-0.05, 0) is 36.2 Å². The Hall–Kier alpha value is -3.33. The molecule has 2 saturated heterocycles. The molecule has 0 radical (unpaired) electrons. The molecule has 0 aliphatic carbocycles. The van der Waals surface area contributed by atoms with Crippen molar-refractivity contribution in [1.82, 2.24) is 0 Å². The van der Waals surface area contributed by atoms with Crippen molar-refractivity contribution in [3.05, 3.63) is 53.8 Å². The van der Waals surface area contributed by atoms with Gasteiger partial charge >= 0.3 is 6.09 Å². The summed E-state index contributed by atoms with van der Waals surface area (Å²) in [7, 11) is 0. The van der Waals surface area contributed by atoms with Crippen LogP contribution >= 0.6 is 0 Å². The smallest absolute Gasteiger partial charge is 0.414 e. The van der Waals surface area contributed by atoms with E-state index in [1.807, 2.05) is 29.2 Å². The van der Waals surface area contributed by atoms with Crippen LogP contribution in [0.4, 0.5) is 26.2 Å². The lowest BCUT2D eigenvalue weighted by atomic mass is 10.1. The zero-order chi connectivity index (χ0) is 22.5. The summed E-state index contributed by atoms with van der Waals surface area (Å²) in [5.74, 6) is -0.728. The first-order valence-corrected chi connectivity index (χ1v) is 10.7. The van der Waals surface area contributed by atoms with Crippen LogP contribution in [0, 0.1) is 5.82 Å². The van der Waals surface area contributed by atoms with Gasteiger partial charge in [-0.25, -0.2) is 9.18 Å². The first-order chi connectivity index (χ1) is 15.5. The fourth-order valence-electron chi connectivity index (χ4n) is 3.96. The molecule has 2 aliphatic heterocycles. The van der Waals surface area contributed by atoms with Gasteiger partial charge in [0.15, 0.2) is 0 Å². The van der Waals surface area contributed by atoms with Crippen molar-refractivity contribution in [2.75, 3.05) is 54.5 Å². The summed E-state index contributed by atoms with van der Waals surface area (Å²) >= 11 is 0. The minimum atomic E-state index is -0.502. The Morgan fingerprint density at radius 1 is 1.19 bits per heavy atom. The fraction of sp³-hybridized carbons (Fsp3) is 0.391. The predicted molar refractivity (Wildman–Crippen MR) is 119 cm³/mol. The number of aryl methyl sites for hydroxylation is 1. The average Bonchev–Trinajstić information content (AvgIpc) is 3.17. The third kappa shape index (κ3) is 5.11. The first kappa shape index (κ1) is 21.9. The molecule has 1 unspecified atom stereocenters. The van der Waals surface area contributed by atoms with Crippen molar-refractivity contribution >= 4 is 29.1 Å². The highest BCUT2D eigenvalue weighted by atomic mass is 19.1. The van der Waals surface area contributed by atoms with Gasteiger partial charge in [0.05, 0.1) is 37.7 Å². The van der Waals surface area contributed by atoms with E-state index < -0.39 is 12.2 Å². The number of primary amides is 1. The number of anilines is 3. The molecular weight excluding hydrogens is 415 g/mol. The van der Waals surface area contributed by atoms with Gasteiger partial charge < -0.3 is 25.4 Å². The number of carbonyl (C=O) groups is 2. The number of hydrogen-bond donors (Lipinski definition) is 2. The van der Waals surface area contributed by atoms with E-state index in [9.17, 15) is 14.0 Å². The van der Waals surface area contributed by atoms with Gasteiger partial charge in [0, 0.05) is 25.2 Å². The van der Waals surface area contributed by atoms with Crippen LogP contribution in [0.1, 0.15) is 12.0 Å². The summed E-state index contributed by atoms with van der Waals surface area (Å²) in [6, 6.07) is 12.4. The maximum atomic E-state index is 14.7. The number of carbonyl (C=O) groups excluding carboxylic acids is 2.